The Morgan fingerprint density at radius 3 is 1.76 bits per heavy atom. The molecule has 0 aliphatic rings. The number of hydrogen-bond donors (Lipinski definition) is 0. The molecule has 0 atom stereocenters. The minimum absolute atomic E-state index is 0.190. The first kappa shape index (κ1) is 23.0. The molecule has 10 aromatic rings. The van der Waals surface area contributed by atoms with E-state index in [1.165, 1.54) is 5.56 Å². The van der Waals surface area contributed by atoms with Crippen LogP contribution in [-0.4, -0.2) is 0 Å². The molecule has 10 rings (SSSR count). The highest BCUT2D eigenvalue weighted by Gasteiger charge is 2.20. The summed E-state index contributed by atoms with van der Waals surface area (Å²) in [5.74, 6) is 0. The van der Waals surface area contributed by atoms with Crippen molar-refractivity contribution < 1.29 is 11.3 Å². The largest absolute Gasteiger partial charge is 0.456 e. The van der Waals surface area contributed by atoms with Crippen molar-refractivity contribution >= 4 is 54.3 Å². The van der Waals surface area contributed by atoms with Gasteiger partial charge in [-0.1, -0.05) is 152 Å². The molecule has 9 aromatic carbocycles. The Labute approximate surface area is 291 Å². The van der Waals surface area contributed by atoms with E-state index in [4.69, 9.17) is 11.3 Å². The van der Waals surface area contributed by atoms with Crippen LogP contribution in [0.1, 0.15) is 6.85 Å². The Morgan fingerprint density at radius 2 is 1.00 bits per heavy atom. The fourth-order valence-corrected chi connectivity index (χ4v) is 7.54. The van der Waals surface area contributed by atoms with Gasteiger partial charge < -0.3 is 4.42 Å². The highest BCUT2D eigenvalue weighted by molar-refractivity contribution is 6.26. The van der Waals surface area contributed by atoms with Gasteiger partial charge in [0.05, 0.1) is 6.85 Å². The Kier molecular flexibility index (Phi) is 5.20. The molecule has 1 heteroatoms. The summed E-state index contributed by atoms with van der Waals surface area (Å²) in [6.07, 6.45) is 0. The molecule has 0 saturated heterocycles. The summed E-state index contributed by atoms with van der Waals surface area (Å²) in [7, 11) is 0. The third-order valence-electron chi connectivity index (χ3n) is 9.70. The summed E-state index contributed by atoms with van der Waals surface area (Å²) in [6, 6.07) is 50.7. The molecule has 0 saturated carbocycles. The van der Waals surface area contributed by atoms with Crippen LogP contribution in [0.2, 0.25) is 0 Å². The van der Waals surface area contributed by atoms with Crippen LogP contribution in [0.25, 0.3) is 98.8 Å². The lowest BCUT2D eigenvalue weighted by Crippen LogP contribution is -1.91. The quantitative estimate of drug-likeness (QED) is 0.177. The van der Waals surface area contributed by atoms with E-state index < -0.39 is 6.04 Å². The van der Waals surface area contributed by atoms with Gasteiger partial charge in [0, 0.05) is 10.8 Å². The van der Waals surface area contributed by atoms with Crippen LogP contribution in [0.5, 0.6) is 0 Å². The average Bonchev–Trinajstić information content (AvgIpc) is 3.58. The first-order valence-electron chi connectivity index (χ1n) is 18.9. The first-order valence-corrected chi connectivity index (χ1v) is 16.4. The second-order valence-electron chi connectivity index (χ2n) is 12.5. The molecular formula is C48H30O. The molecular weight excluding hydrogens is 593 g/mol. The SMILES string of the molecule is [2H]c1c([2H])c([2H])c(-c2cccc(-c3c4ccccc4c(-c4cccc5oc6cc7cc(-c8ccccc8)ccc7cc6c45)c4ccccc34)c2)c([2H])c1[2H]. The number of rotatable bonds is 4. The molecule has 1 nitrogen and oxygen atoms in total. The van der Waals surface area contributed by atoms with E-state index in [0.717, 1.165) is 82.1 Å². The van der Waals surface area contributed by atoms with Gasteiger partial charge in [0.1, 0.15) is 11.2 Å². The van der Waals surface area contributed by atoms with Crippen molar-refractivity contribution in [1.29, 1.82) is 0 Å². The fraction of sp³-hybridized carbons (Fsp3) is 0. The number of furan rings is 1. The van der Waals surface area contributed by atoms with E-state index in [2.05, 4.69) is 103 Å². The van der Waals surface area contributed by atoms with Gasteiger partial charge in [-0.3, -0.25) is 0 Å². The van der Waals surface area contributed by atoms with Crippen molar-refractivity contribution in [3.05, 3.63) is 182 Å². The second-order valence-corrected chi connectivity index (χ2v) is 12.5. The zero-order chi connectivity index (χ0) is 36.7. The number of hydrogen-bond acceptors (Lipinski definition) is 1. The van der Waals surface area contributed by atoms with Crippen molar-refractivity contribution in [2.45, 2.75) is 0 Å². The topological polar surface area (TPSA) is 13.1 Å². The van der Waals surface area contributed by atoms with Gasteiger partial charge >= 0.3 is 0 Å². The van der Waals surface area contributed by atoms with Crippen molar-refractivity contribution in [1.82, 2.24) is 0 Å². The molecule has 0 unspecified atom stereocenters. The Hall–Kier alpha value is -6.44. The highest BCUT2D eigenvalue weighted by atomic mass is 16.3. The lowest BCUT2D eigenvalue weighted by Gasteiger charge is -2.18. The van der Waals surface area contributed by atoms with Crippen LogP contribution in [0, 0.1) is 0 Å². The molecule has 0 amide bonds. The maximum absolute atomic E-state index is 8.65. The molecule has 49 heavy (non-hydrogen) atoms. The Balaban J connectivity index is 1.22. The monoisotopic (exact) mass is 627 g/mol. The standard InChI is InChI=1S/C48H30O/c1-3-13-31(14-4-1)33-17-11-18-36(27-33)46-38-19-7-9-21-40(38)47(41-22-10-8-20-39(41)46)42-23-12-24-44-48(42)43-29-35-26-25-34(32-15-5-2-6-16-32)28-37(35)30-45(43)49-44/h1-30H/i1D,3D,4D,13D,14D. The van der Waals surface area contributed by atoms with E-state index in [0.29, 0.717) is 5.56 Å². The van der Waals surface area contributed by atoms with E-state index in [-0.39, 0.29) is 29.7 Å². The third kappa shape index (κ3) is 4.47. The van der Waals surface area contributed by atoms with Gasteiger partial charge in [-0.15, -0.1) is 0 Å². The predicted octanol–water partition coefficient (Wildman–Crippen LogP) is 13.7. The maximum Gasteiger partial charge on any atom is 0.136 e. The van der Waals surface area contributed by atoms with E-state index in [1.54, 1.807) is 0 Å². The van der Waals surface area contributed by atoms with Crippen LogP contribution in [0.3, 0.4) is 0 Å². The van der Waals surface area contributed by atoms with Crippen LogP contribution in [0.15, 0.2) is 186 Å². The van der Waals surface area contributed by atoms with Gasteiger partial charge in [0.25, 0.3) is 0 Å². The zero-order valence-electron chi connectivity index (χ0n) is 31.3. The lowest BCUT2D eigenvalue weighted by molar-refractivity contribution is 0.669. The zero-order valence-corrected chi connectivity index (χ0v) is 26.3. The van der Waals surface area contributed by atoms with Gasteiger partial charge in [-0.25, -0.2) is 0 Å². The number of fused-ring (bicyclic) bond motifs is 6. The molecule has 0 aliphatic heterocycles. The summed E-state index contributed by atoms with van der Waals surface area (Å²) >= 11 is 0. The van der Waals surface area contributed by atoms with Gasteiger partial charge in [-0.2, -0.15) is 0 Å². The van der Waals surface area contributed by atoms with Crippen molar-refractivity contribution in [2.75, 3.05) is 0 Å². The van der Waals surface area contributed by atoms with E-state index >= 15 is 0 Å². The summed E-state index contributed by atoms with van der Waals surface area (Å²) in [6.45, 7) is 0. The minimum atomic E-state index is -0.400. The summed E-state index contributed by atoms with van der Waals surface area (Å²) in [5.41, 5.74) is 8.86. The van der Waals surface area contributed by atoms with Crippen molar-refractivity contribution in [2.24, 2.45) is 0 Å². The lowest BCUT2D eigenvalue weighted by atomic mass is 9.84. The van der Waals surface area contributed by atoms with Crippen LogP contribution < -0.4 is 0 Å². The molecule has 1 heterocycles. The summed E-state index contributed by atoms with van der Waals surface area (Å²) < 4.78 is 48.6. The first-order chi connectivity index (χ1) is 26.4. The minimum Gasteiger partial charge on any atom is -0.456 e. The van der Waals surface area contributed by atoms with Crippen LogP contribution in [-0.2, 0) is 0 Å². The van der Waals surface area contributed by atoms with Gasteiger partial charge in [0.2, 0.25) is 0 Å². The molecule has 0 N–H and O–H groups in total. The molecule has 0 fully saturated rings. The van der Waals surface area contributed by atoms with E-state index in [9.17, 15) is 0 Å². The third-order valence-corrected chi connectivity index (χ3v) is 9.70. The molecule has 0 spiro atoms. The summed E-state index contributed by atoms with van der Waals surface area (Å²) in [5, 5.41) is 8.64. The average molecular weight is 628 g/mol. The molecule has 1 aromatic heterocycles. The highest BCUT2D eigenvalue weighted by Crippen LogP contribution is 2.47. The predicted molar refractivity (Wildman–Crippen MR) is 208 cm³/mol. The van der Waals surface area contributed by atoms with Crippen LogP contribution >= 0.6 is 0 Å². The number of benzene rings is 9. The molecule has 228 valence electrons. The van der Waals surface area contributed by atoms with Crippen molar-refractivity contribution in [3.63, 3.8) is 0 Å². The molecule has 0 aliphatic carbocycles. The summed E-state index contributed by atoms with van der Waals surface area (Å²) in [4.78, 5) is 0. The smallest absolute Gasteiger partial charge is 0.136 e. The molecule has 0 radical (unpaired) electrons. The van der Waals surface area contributed by atoms with Crippen LogP contribution in [0.4, 0.5) is 0 Å². The second kappa shape index (κ2) is 11.1. The molecule has 0 bridgehead atoms. The Morgan fingerprint density at radius 1 is 0.367 bits per heavy atom. The van der Waals surface area contributed by atoms with E-state index in [1.807, 2.05) is 48.5 Å². The Bertz CT molecular complexity index is 3080. The fourth-order valence-electron chi connectivity index (χ4n) is 7.54. The normalized spacial score (nSPS) is 13.1. The maximum atomic E-state index is 8.65. The van der Waals surface area contributed by atoms with Crippen molar-refractivity contribution in [3.8, 4) is 44.5 Å². The van der Waals surface area contributed by atoms with Gasteiger partial charge in [-0.05, 0) is 107 Å². The van der Waals surface area contributed by atoms with Gasteiger partial charge in [0.15, 0.2) is 0 Å².